The van der Waals surface area contributed by atoms with E-state index >= 15 is 0 Å². The van der Waals surface area contributed by atoms with Crippen molar-refractivity contribution in [1.29, 1.82) is 0 Å². The largest absolute Gasteiger partial charge is 0.383 e. The van der Waals surface area contributed by atoms with Gasteiger partial charge in [0, 0.05) is 32.1 Å². The molecule has 2 atom stereocenters. The van der Waals surface area contributed by atoms with Crippen LogP contribution in [0.5, 0.6) is 0 Å². The molecule has 2 heterocycles. The Bertz CT molecular complexity index is 912. The van der Waals surface area contributed by atoms with Crippen LogP contribution >= 0.6 is 34.5 Å². The van der Waals surface area contributed by atoms with E-state index < -0.39 is 11.7 Å². The number of halogens is 2. The molecule has 3 rings (SSSR count). The molecule has 130 valence electrons. The van der Waals surface area contributed by atoms with Gasteiger partial charge < -0.3 is 10.2 Å². The molecule has 0 aliphatic rings. The van der Waals surface area contributed by atoms with E-state index in [0.29, 0.717) is 26.6 Å². The molecule has 0 unspecified atom stereocenters. The Balaban J connectivity index is 2.01. The molecule has 4 nitrogen and oxygen atoms in total. The van der Waals surface area contributed by atoms with E-state index in [0.717, 1.165) is 4.88 Å². The second kappa shape index (κ2) is 7.02. The molecule has 0 saturated carbocycles. The zero-order valence-corrected chi connectivity index (χ0v) is 15.9. The number of hydrogen-bond donors (Lipinski definition) is 2. The Morgan fingerprint density at radius 2 is 2.00 bits per heavy atom. The fourth-order valence-electron chi connectivity index (χ4n) is 2.73. The normalized spacial score (nSPS) is 15.0. The molecule has 25 heavy (non-hydrogen) atoms. The minimum atomic E-state index is -1.24. The Morgan fingerprint density at radius 1 is 1.24 bits per heavy atom. The smallest absolute Gasteiger partial charge is 0.138 e. The van der Waals surface area contributed by atoms with E-state index in [-0.39, 0.29) is 5.15 Å². The van der Waals surface area contributed by atoms with E-state index in [4.69, 9.17) is 23.2 Å². The highest BCUT2D eigenvalue weighted by Crippen LogP contribution is 2.40. The van der Waals surface area contributed by atoms with Gasteiger partial charge in [-0.3, -0.25) is 0 Å². The molecular weight excluding hydrogens is 379 g/mol. The predicted molar refractivity (Wildman–Crippen MR) is 100 cm³/mol. The SMILES string of the molecule is Cc1sc([C@H](O)c2cncnc2Cl)cc1[C@](C)(O)c1cccc(Cl)c1. The zero-order chi connectivity index (χ0) is 18.2. The van der Waals surface area contributed by atoms with Gasteiger partial charge in [0.05, 0.1) is 0 Å². The van der Waals surface area contributed by atoms with Gasteiger partial charge in [-0.15, -0.1) is 11.3 Å². The summed E-state index contributed by atoms with van der Waals surface area (Å²) >= 11 is 13.5. The number of benzene rings is 1. The van der Waals surface area contributed by atoms with Crippen molar-refractivity contribution >= 4 is 34.5 Å². The average molecular weight is 395 g/mol. The highest BCUT2D eigenvalue weighted by Gasteiger charge is 2.31. The highest BCUT2D eigenvalue weighted by molar-refractivity contribution is 7.12. The number of aliphatic hydroxyl groups excluding tert-OH is 1. The zero-order valence-electron chi connectivity index (χ0n) is 13.6. The summed E-state index contributed by atoms with van der Waals surface area (Å²) in [5.74, 6) is 0. The van der Waals surface area contributed by atoms with Gasteiger partial charge in [-0.25, -0.2) is 9.97 Å². The Morgan fingerprint density at radius 3 is 2.68 bits per heavy atom. The third kappa shape index (κ3) is 3.57. The summed E-state index contributed by atoms with van der Waals surface area (Å²) in [5.41, 5.74) is 0.588. The quantitative estimate of drug-likeness (QED) is 0.639. The minimum Gasteiger partial charge on any atom is -0.383 e. The Hall–Kier alpha value is -1.50. The van der Waals surface area contributed by atoms with Crippen LogP contribution in [0.1, 0.15) is 39.5 Å². The molecule has 2 N–H and O–H groups in total. The van der Waals surface area contributed by atoms with Gasteiger partial charge in [0.15, 0.2) is 0 Å². The van der Waals surface area contributed by atoms with Gasteiger partial charge in [0.1, 0.15) is 23.2 Å². The minimum absolute atomic E-state index is 0.205. The monoisotopic (exact) mass is 394 g/mol. The molecule has 0 aliphatic heterocycles. The lowest BCUT2D eigenvalue weighted by Gasteiger charge is -2.24. The number of rotatable bonds is 4. The fourth-order valence-corrected chi connectivity index (χ4v) is 4.25. The molecule has 0 fully saturated rings. The molecule has 3 aromatic rings. The first-order valence-corrected chi connectivity index (χ1v) is 9.10. The van der Waals surface area contributed by atoms with E-state index in [9.17, 15) is 10.2 Å². The molecule has 7 heteroatoms. The van der Waals surface area contributed by atoms with Crippen LogP contribution in [0.15, 0.2) is 42.9 Å². The van der Waals surface area contributed by atoms with Crippen LogP contribution in [0.3, 0.4) is 0 Å². The second-order valence-electron chi connectivity index (χ2n) is 5.87. The van der Waals surface area contributed by atoms with Gasteiger partial charge in [0.25, 0.3) is 0 Å². The Labute approximate surface area is 159 Å². The standard InChI is InChI=1S/C18H16Cl2N2O2S/c1-10-14(18(2,24)11-4-3-5-12(19)6-11)7-15(25-10)16(23)13-8-21-9-22-17(13)20/h3-9,16,23-24H,1-2H3/t16-,18-/m1/s1. The summed E-state index contributed by atoms with van der Waals surface area (Å²) in [4.78, 5) is 9.36. The summed E-state index contributed by atoms with van der Waals surface area (Å²) in [5, 5.41) is 22.5. The molecule has 0 amide bonds. The van der Waals surface area contributed by atoms with Crippen LogP contribution in [0, 0.1) is 6.92 Å². The molecule has 0 saturated heterocycles. The van der Waals surface area contributed by atoms with Crippen molar-refractivity contribution < 1.29 is 10.2 Å². The first-order chi connectivity index (χ1) is 11.8. The predicted octanol–water partition coefficient (Wildman–Crippen LogP) is 4.49. The van der Waals surface area contributed by atoms with E-state index in [1.165, 1.54) is 23.9 Å². The van der Waals surface area contributed by atoms with Crippen LogP contribution in [0.4, 0.5) is 0 Å². The van der Waals surface area contributed by atoms with Crippen LogP contribution in [0.25, 0.3) is 0 Å². The number of aliphatic hydroxyl groups is 2. The van der Waals surface area contributed by atoms with Crippen molar-refractivity contribution in [2.75, 3.05) is 0 Å². The van der Waals surface area contributed by atoms with Crippen molar-refractivity contribution in [3.63, 3.8) is 0 Å². The number of aromatic nitrogens is 2. The topological polar surface area (TPSA) is 66.2 Å². The van der Waals surface area contributed by atoms with Gasteiger partial charge in [-0.05, 0) is 37.6 Å². The summed E-state index contributed by atoms with van der Waals surface area (Å²) in [7, 11) is 0. The first kappa shape index (κ1) is 18.3. The van der Waals surface area contributed by atoms with Crippen LogP contribution < -0.4 is 0 Å². The summed E-state index contributed by atoms with van der Waals surface area (Å²) in [6, 6.07) is 8.89. The number of hydrogen-bond acceptors (Lipinski definition) is 5. The fraction of sp³-hybridized carbons (Fsp3) is 0.222. The summed E-state index contributed by atoms with van der Waals surface area (Å²) in [6.45, 7) is 3.61. The average Bonchev–Trinajstić information content (AvgIpc) is 2.97. The third-order valence-corrected chi connectivity index (χ3v) is 5.76. The maximum atomic E-state index is 11.1. The maximum Gasteiger partial charge on any atom is 0.138 e. The maximum absolute atomic E-state index is 11.1. The van der Waals surface area contributed by atoms with Crippen molar-refractivity contribution in [2.24, 2.45) is 0 Å². The van der Waals surface area contributed by atoms with Gasteiger partial charge in [-0.2, -0.15) is 0 Å². The molecular formula is C18H16Cl2N2O2S. The van der Waals surface area contributed by atoms with Crippen molar-refractivity contribution in [1.82, 2.24) is 9.97 Å². The lowest BCUT2D eigenvalue weighted by Crippen LogP contribution is -2.23. The molecule has 0 radical (unpaired) electrons. The third-order valence-electron chi connectivity index (χ3n) is 4.10. The summed E-state index contributed by atoms with van der Waals surface area (Å²) < 4.78 is 0. The van der Waals surface area contributed by atoms with E-state index in [1.807, 2.05) is 13.0 Å². The van der Waals surface area contributed by atoms with Gasteiger partial charge >= 0.3 is 0 Å². The lowest BCUT2D eigenvalue weighted by atomic mass is 9.88. The van der Waals surface area contributed by atoms with Crippen LogP contribution in [-0.2, 0) is 5.60 Å². The second-order valence-corrected chi connectivity index (χ2v) is 7.95. The molecule has 0 spiro atoms. The van der Waals surface area contributed by atoms with E-state index in [2.05, 4.69) is 9.97 Å². The molecule has 0 bridgehead atoms. The van der Waals surface area contributed by atoms with Crippen LogP contribution in [-0.4, -0.2) is 20.2 Å². The lowest BCUT2D eigenvalue weighted by molar-refractivity contribution is 0.102. The molecule has 0 aliphatic carbocycles. The number of thiophene rings is 1. The first-order valence-electron chi connectivity index (χ1n) is 7.53. The van der Waals surface area contributed by atoms with E-state index in [1.54, 1.807) is 31.2 Å². The van der Waals surface area contributed by atoms with Crippen molar-refractivity contribution in [3.05, 3.63) is 79.5 Å². The highest BCUT2D eigenvalue weighted by atomic mass is 35.5. The Kier molecular flexibility index (Phi) is 5.14. The van der Waals surface area contributed by atoms with Crippen LogP contribution in [0.2, 0.25) is 10.2 Å². The van der Waals surface area contributed by atoms with Crippen molar-refractivity contribution in [2.45, 2.75) is 25.6 Å². The van der Waals surface area contributed by atoms with Crippen molar-refractivity contribution in [3.8, 4) is 0 Å². The summed E-state index contributed by atoms with van der Waals surface area (Å²) in [6.07, 6.45) is 1.86. The number of aryl methyl sites for hydroxylation is 1. The molecule has 1 aromatic carbocycles. The molecule has 2 aromatic heterocycles. The van der Waals surface area contributed by atoms with Gasteiger partial charge in [0.2, 0.25) is 0 Å². The van der Waals surface area contributed by atoms with Gasteiger partial charge in [-0.1, -0.05) is 35.3 Å². The number of nitrogens with zero attached hydrogens (tertiary/aromatic N) is 2.